The number of aryl methyl sites for hydroxylation is 1. The maximum absolute atomic E-state index is 14.1. The van der Waals surface area contributed by atoms with Gasteiger partial charge < -0.3 is 0 Å². The van der Waals surface area contributed by atoms with E-state index in [1.165, 1.54) is 16.2 Å². The standard InChI is InChI=1S/C28H23N3O4S/c1-2-14-7-9-16(10-8-14)31-27(34)19-20(28(31)35)23-24(32)21(25(33)26-29-11-12-36-26)18-17-6-4-3-5-15(17)13-30(23)22(18)19/h3-12,18-23H,2,13H2,1H3/t18?,19-,20+,21-,22-,23+/m1/s1. The molecule has 4 bridgehead atoms. The van der Waals surface area contributed by atoms with Gasteiger partial charge in [0.1, 0.15) is 0 Å². The van der Waals surface area contributed by atoms with Crippen LogP contribution in [0.3, 0.4) is 0 Å². The fourth-order valence-electron chi connectivity index (χ4n) is 7.00. The van der Waals surface area contributed by atoms with Crippen LogP contribution >= 0.6 is 11.3 Å². The van der Waals surface area contributed by atoms with Gasteiger partial charge in [-0.15, -0.1) is 11.3 Å². The second kappa shape index (κ2) is 7.75. The van der Waals surface area contributed by atoms with Gasteiger partial charge in [-0.2, -0.15) is 0 Å². The molecule has 7 atom stereocenters. The summed E-state index contributed by atoms with van der Waals surface area (Å²) in [6.07, 6.45) is 2.42. The Bertz CT molecular complexity index is 1430. The van der Waals surface area contributed by atoms with E-state index in [-0.39, 0.29) is 23.4 Å². The molecule has 7 rings (SSSR count). The average molecular weight is 498 g/mol. The Labute approximate surface area is 211 Å². The molecule has 7 nitrogen and oxygen atoms in total. The second-order valence-electron chi connectivity index (χ2n) is 10.00. The van der Waals surface area contributed by atoms with Crippen molar-refractivity contribution in [2.75, 3.05) is 4.90 Å². The third-order valence-corrected chi connectivity index (χ3v) is 9.25. The summed E-state index contributed by atoms with van der Waals surface area (Å²) < 4.78 is 0. The van der Waals surface area contributed by atoms with Crippen molar-refractivity contribution in [3.63, 3.8) is 0 Å². The number of anilines is 1. The van der Waals surface area contributed by atoms with Crippen molar-refractivity contribution in [1.82, 2.24) is 9.88 Å². The fourth-order valence-corrected chi connectivity index (χ4v) is 7.62. The Hall–Kier alpha value is -3.49. The van der Waals surface area contributed by atoms with Crippen LogP contribution in [0.2, 0.25) is 0 Å². The van der Waals surface area contributed by atoms with Crippen molar-refractivity contribution in [3.05, 3.63) is 81.8 Å². The maximum atomic E-state index is 14.1. The zero-order valence-electron chi connectivity index (χ0n) is 19.5. The normalized spacial score (nSPS) is 32.0. The molecule has 0 spiro atoms. The van der Waals surface area contributed by atoms with Crippen LogP contribution < -0.4 is 4.90 Å². The summed E-state index contributed by atoms with van der Waals surface area (Å²) in [5.41, 5.74) is 3.62. The number of rotatable bonds is 4. The molecule has 180 valence electrons. The van der Waals surface area contributed by atoms with Crippen LogP contribution in [-0.2, 0) is 27.3 Å². The Morgan fingerprint density at radius 2 is 1.75 bits per heavy atom. The first-order valence-electron chi connectivity index (χ1n) is 12.3. The molecule has 1 aromatic heterocycles. The van der Waals surface area contributed by atoms with Gasteiger partial charge in [-0.3, -0.25) is 24.1 Å². The van der Waals surface area contributed by atoms with E-state index in [1.807, 2.05) is 48.2 Å². The van der Waals surface area contributed by atoms with Crippen LogP contribution in [-0.4, -0.2) is 45.3 Å². The zero-order chi connectivity index (χ0) is 24.7. The predicted octanol–water partition coefficient (Wildman–Crippen LogP) is 3.24. The largest absolute Gasteiger partial charge is 0.297 e. The van der Waals surface area contributed by atoms with Gasteiger partial charge in [-0.05, 0) is 35.2 Å². The van der Waals surface area contributed by atoms with E-state index >= 15 is 0 Å². The van der Waals surface area contributed by atoms with Gasteiger partial charge >= 0.3 is 0 Å². The van der Waals surface area contributed by atoms with Gasteiger partial charge in [0.2, 0.25) is 17.6 Å². The summed E-state index contributed by atoms with van der Waals surface area (Å²) in [4.78, 5) is 63.0. The number of benzene rings is 2. The quantitative estimate of drug-likeness (QED) is 0.312. The summed E-state index contributed by atoms with van der Waals surface area (Å²) in [5, 5.41) is 2.02. The van der Waals surface area contributed by atoms with Gasteiger partial charge in [0, 0.05) is 30.1 Å². The first-order valence-corrected chi connectivity index (χ1v) is 13.2. The summed E-state index contributed by atoms with van der Waals surface area (Å²) >= 11 is 1.22. The van der Waals surface area contributed by atoms with E-state index in [9.17, 15) is 19.2 Å². The second-order valence-corrected chi connectivity index (χ2v) is 10.9. The number of fused-ring (bicyclic) bond motifs is 4. The van der Waals surface area contributed by atoms with Gasteiger partial charge in [-0.25, -0.2) is 9.88 Å². The molecule has 2 unspecified atom stereocenters. The van der Waals surface area contributed by atoms with Gasteiger partial charge in [0.05, 0.1) is 29.5 Å². The molecular weight excluding hydrogens is 474 g/mol. The lowest BCUT2D eigenvalue weighted by Gasteiger charge is -2.48. The minimum atomic E-state index is -0.952. The highest BCUT2D eigenvalue weighted by Crippen LogP contribution is 2.58. The summed E-state index contributed by atoms with van der Waals surface area (Å²) in [5.74, 6) is -4.08. The van der Waals surface area contributed by atoms with Crippen molar-refractivity contribution in [2.24, 2.45) is 17.8 Å². The molecule has 3 fully saturated rings. The van der Waals surface area contributed by atoms with E-state index in [1.54, 1.807) is 23.7 Å². The van der Waals surface area contributed by atoms with Crippen molar-refractivity contribution in [1.29, 1.82) is 0 Å². The SMILES string of the molecule is CCc1ccc(N2C(=O)[C@@H]3[C@H](C2=O)[C@H]2C(=O)[C@H](C(=O)c4nccs4)C4c5ccccc5CN2[C@H]43)cc1. The first kappa shape index (κ1) is 21.8. The maximum Gasteiger partial charge on any atom is 0.239 e. The molecule has 2 aromatic carbocycles. The number of carbonyl (C=O) groups is 4. The molecule has 4 aliphatic heterocycles. The molecule has 5 heterocycles. The number of imide groups is 1. The van der Waals surface area contributed by atoms with Crippen molar-refractivity contribution >= 4 is 40.4 Å². The Balaban J connectivity index is 1.36. The average Bonchev–Trinajstić information content (AvgIpc) is 3.58. The van der Waals surface area contributed by atoms with Crippen LogP contribution in [0.5, 0.6) is 0 Å². The molecule has 0 aliphatic carbocycles. The number of thiazole rings is 1. The van der Waals surface area contributed by atoms with E-state index in [4.69, 9.17) is 0 Å². The van der Waals surface area contributed by atoms with E-state index < -0.39 is 35.8 Å². The van der Waals surface area contributed by atoms with Crippen molar-refractivity contribution < 1.29 is 19.2 Å². The summed E-state index contributed by atoms with van der Waals surface area (Å²) in [6, 6.07) is 14.1. The molecule has 2 amide bonds. The highest BCUT2D eigenvalue weighted by Gasteiger charge is 2.71. The fraction of sp³-hybridized carbons (Fsp3) is 0.321. The van der Waals surface area contributed by atoms with Gasteiger partial charge in [0.25, 0.3) is 0 Å². The lowest BCUT2D eigenvalue weighted by atomic mass is 9.68. The number of ketones is 2. The topological polar surface area (TPSA) is 87.7 Å². The molecule has 0 radical (unpaired) electrons. The Morgan fingerprint density at radius 3 is 2.47 bits per heavy atom. The molecule has 0 saturated carbocycles. The number of Topliss-reactive ketones (excluding diaryl/α,β-unsaturated/α-hetero) is 2. The smallest absolute Gasteiger partial charge is 0.239 e. The number of amides is 2. The number of piperidine rings is 1. The third-order valence-electron chi connectivity index (χ3n) is 8.47. The van der Waals surface area contributed by atoms with Crippen LogP contribution in [0.25, 0.3) is 0 Å². The van der Waals surface area contributed by atoms with E-state index in [0.29, 0.717) is 17.2 Å². The van der Waals surface area contributed by atoms with Crippen LogP contribution in [0.1, 0.15) is 39.3 Å². The van der Waals surface area contributed by atoms with Crippen LogP contribution in [0.15, 0.2) is 60.1 Å². The van der Waals surface area contributed by atoms with Crippen molar-refractivity contribution in [2.45, 2.75) is 37.9 Å². The van der Waals surface area contributed by atoms with E-state index in [2.05, 4.69) is 4.98 Å². The van der Waals surface area contributed by atoms with E-state index in [0.717, 1.165) is 23.1 Å². The lowest BCUT2D eigenvalue weighted by molar-refractivity contribution is -0.137. The number of hydrogen-bond acceptors (Lipinski definition) is 7. The number of hydrogen-bond donors (Lipinski definition) is 0. The summed E-state index contributed by atoms with van der Waals surface area (Å²) in [7, 11) is 0. The molecular formula is C28H23N3O4S. The molecule has 3 aromatic rings. The number of nitrogens with zero attached hydrogens (tertiary/aromatic N) is 3. The first-order chi connectivity index (χ1) is 17.5. The Kier molecular flexibility index (Phi) is 4.69. The zero-order valence-corrected chi connectivity index (χ0v) is 20.4. The lowest BCUT2D eigenvalue weighted by Crippen LogP contribution is -2.60. The Morgan fingerprint density at radius 1 is 1.00 bits per heavy atom. The van der Waals surface area contributed by atoms with Crippen LogP contribution in [0, 0.1) is 17.8 Å². The highest BCUT2D eigenvalue weighted by atomic mass is 32.1. The van der Waals surface area contributed by atoms with Crippen LogP contribution in [0.4, 0.5) is 5.69 Å². The molecule has 0 N–H and O–H groups in total. The number of carbonyl (C=O) groups excluding carboxylic acids is 4. The molecule has 8 heteroatoms. The monoisotopic (exact) mass is 497 g/mol. The molecule has 36 heavy (non-hydrogen) atoms. The highest BCUT2D eigenvalue weighted by molar-refractivity contribution is 7.11. The predicted molar refractivity (Wildman–Crippen MR) is 133 cm³/mol. The minimum Gasteiger partial charge on any atom is -0.297 e. The number of aromatic nitrogens is 1. The minimum absolute atomic E-state index is 0.261. The molecule has 3 saturated heterocycles. The summed E-state index contributed by atoms with van der Waals surface area (Å²) in [6.45, 7) is 2.54. The molecule has 4 aliphatic rings. The van der Waals surface area contributed by atoms with Gasteiger partial charge in [0.15, 0.2) is 10.8 Å². The van der Waals surface area contributed by atoms with Gasteiger partial charge in [-0.1, -0.05) is 43.3 Å². The third kappa shape index (κ3) is 2.74. The van der Waals surface area contributed by atoms with Crippen molar-refractivity contribution in [3.8, 4) is 0 Å².